The van der Waals surface area contributed by atoms with Crippen LogP contribution in [0.15, 0.2) is 22.7 Å². The summed E-state index contributed by atoms with van der Waals surface area (Å²) in [6.45, 7) is 8.32. The molecule has 0 bridgehead atoms. The summed E-state index contributed by atoms with van der Waals surface area (Å²) < 4.78 is 13.8. The van der Waals surface area contributed by atoms with Gasteiger partial charge in [0.1, 0.15) is 5.82 Å². The fourth-order valence-electron chi connectivity index (χ4n) is 2.65. The zero-order valence-electron chi connectivity index (χ0n) is 11.0. The smallest absolute Gasteiger partial charge is 0.228 e. The minimum Gasteiger partial charge on any atom is -0.325 e. The lowest BCUT2D eigenvalue weighted by atomic mass is 10.0. The average molecular weight is 314 g/mol. The molecule has 4 heteroatoms. The molecule has 1 aromatic rings. The Bertz CT molecular complexity index is 497. The van der Waals surface area contributed by atoms with Gasteiger partial charge in [-0.25, -0.2) is 4.39 Å². The molecular formula is C14H17BrFNO. The van der Waals surface area contributed by atoms with Gasteiger partial charge in [-0.15, -0.1) is 0 Å². The number of rotatable bonds is 2. The number of carbonyl (C=O) groups is 1. The van der Waals surface area contributed by atoms with E-state index in [-0.39, 0.29) is 28.5 Å². The Kier molecular flexibility index (Phi) is 3.05. The summed E-state index contributed by atoms with van der Waals surface area (Å²) in [5.41, 5.74) is 0.451. The predicted molar refractivity (Wildman–Crippen MR) is 73.8 cm³/mol. The first-order valence-corrected chi connectivity index (χ1v) is 6.73. The normalized spacial score (nSPS) is 20.6. The maximum atomic E-state index is 13.1. The highest BCUT2D eigenvalue weighted by molar-refractivity contribution is 9.10. The summed E-state index contributed by atoms with van der Waals surface area (Å²) in [5, 5.41) is 2.80. The van der Waals surface area contributed by atoms with E-state index < -0.39 is 0 Å². The largest absolute Gasteiger partial charge is 0.325 e. The van der Waals surface area contributed by atoms with Crippen molar-refractivity contribution in [2.24, 2.45) is 16.7 Å². The summed E-state index contributed by atoms with van der Waals surface area (Å²) in [6.07, 6.45) is 0. The van der Waals surface area contributed by atoms with Crippen LogP contribution in [-0.2, 0) is 4.79 Å². The fraction of sp³-hybridized carbons (Fsp3) is 0.500. The summed E-state index contributed by atoms with van der Waals surface area (Å²) in [7, 11) is 0. The molecular weight excluding hydrogens is 297 g/mol. The molecule has 0 aromatic heterocycles. The zero-order valence-corrected chi connectivity index (χ0v) is 12.6. The van der Waals surface area contributed by atoms with Crippen LogP contribution in [0.5, 0.6) is 0 Å². The molecule has 18 heavy (non-hydrogen) atoms. The molecule has 0 unspecified atom stereocenters. The molecule has 0 atom stereocenters. The molecule has 1 amide bonds. The van der Waals surface area contributed by atoms with E-state index >= 15 is 0 Å². The lowest BCUT2D eigenvalue weighted by Crippen LogP contribution is -2.18. The minimum atomic E-state index is -0.359. The van der Waals surface area contributed by atoms with Crippen molar-refractivity contribution in [3.8, 4) is 0 Å². The van der Waals surface area contributed by atoms with Crippen LogP contribution in [0.1, 0.15) is 27.7 Å². The maximum Gasteiger partial charge on any atom is 0.228 e. The van der Waals surface area contributed by atoms with E-state index in [4.69, 9.17) is 0 Å². The Morgan fingerprint density at radius 3 is 2.33 bits per heavy atom. The van der Waals surface area contributed by atoms with Crippen molar-refractivity contribution in [1.82, 2.24) is 0 Å². The predicted octanol–water partition coefficient (Wildman–Crippen LogP) is 4.21. The first kappa shape index (κ1) is 13.5. The quantitative estimate of drug-likeness (QED) is 0.870. The van der Waals surface area contributed by atoms with Crippen molar-refractivity contribution < 1.29 is 9.18 Å². The second-order valence-corrected chi connectivity index (χ2v) is 6.84. The number of amides is 1. The molecule has 98 valence electrons. The molecule has 0 radical (unpaired) electrons. The Labute approximate surface area is 115 Å². The van der Waals surface area contributed by atoms with Gasteiger partial charge in [-0.3, -0.25) is 4.79 Å². The van der Waals surface area contributed by atoms with Gasteiger partial charge in [-0.05, 0) is 45.0 Å². The third kappa shape index (κ3) is 1.96. The van der Waals surface area contributed by atoms with Gasteiger partial charge in [0.15, 0.2) is 0 Å². The van der Waals surface area contributed by atoms with Gasteiger partial charge < -0.3 is 5.32 Å². The monoisotopic (exact) mass is 313 g/mol. The van der Waals surface area contributed by atoms with E-state index in [2.05, 4.69) is 48.9 Å². The Balaban J connectivity index is 2.17. The lowest BCUT2D eigenvalue weighted by molar-refractivity contribution is -0.118. The number of nitrogens with one attached hydrogen (secondary N) is 1. The Morgan fingerprint density at radius 2 is 1.83 bits per heavy atom. The molecule has 1 aliphatic rings. The molecule has 0 heterocycles. The Hall–Kier alpha value is -0.900. The van der Waals surface area contributed by atoms with Gasteiger partial charge in [0.25, 0.3) is 0 Å². The summed E-state index contributed by atoms with van der Waals surface area (Å²) >= 11 is 3.30. The molecule has 0 saturated heterocycles. The van der Waals surface area contributed by atoms with Gasteiger partial charge in [0.05, 0.1) is 5.69 Å². The lowest BCUT2D eigenvalue weighted by Gasteiger charge is -2.08. The molecule has 0 aliphatic heterocycles. The van der Waals surface area contributed by atoms with Gasteiger partial charge in [-0.1, -0.05) is 27.7 Å². The topological polar surface area (TPSA) is 29.1 Å². The highest BCUT2D eigenvalue weighted by Crippen LogP contribution is 2.68. The summed E-state index contributed by atoms with van der Waals surface area (Å²) in [4.78, 5) is 12.2. The van der Waals surface area contributed by atoms with Crippen molar-refractivity contribution in [2.75, 3.05) is 5.32 Å². The molecule has 1 saturated carbocycles. The van der Waals surface area contributed by atoms with Crippen molar-refractivity contribution in [2.45, 2.75) is 27.7 Å². The van der Waals surface area contributed by atoms with Crippen molar-refractivity contribution in [3.63, 3.8) is 0 Å². The van der Waals surface area contributed by atoms with Crippen LogP contribution in [0, 0.1) is 22.6 Å². The van der Waals surface area contributed by atoms with Crippen LogP contribution in [-0.4, -0.2) is 5.91 Å². The molecule has 1 N–H and O–H groups in total. The molecule has 2 nitrogen and oxygen atoms in total. The third-order valence-corrected chi connectivity index (χ3v) is 5.16. The van der Waals surface area contributed by atoms with E-state index in [0.29, 0.717) is 10.2 Å². The van der Waals surface area contributed by atoms with E-state index in [0.717, 1.165) is 0 Å². The average Bonchev–Trinajstić information content (AvgIpc) is 2.63. The highest BCUT2D eigenvalue weighted by atomic mass is 79.9. The van der Waals surface area contributed by atoms with Gasteiger partial charge in [-0.2, -0.15) is 0 Å². The maximum absolute atomic E-state index is 13.1. The Morgan fingerprint density at radius 1 is 1.28 bits per heavy atom. The first-order valence-electron chi connectivity index (χ1n) is 5.94. The molecule has 1 aliphatic carbocycles. The number of benzene rings is 1. The van der Waals surface area contributed by atoms with Gasteiger partial charge in [0, 0.05) is 10.4 Å². The highest BCUT2D eigenvalue weighted by Gasteiger charge is 2.68. The third-order valence-electron chi connectivity index (χ3n) is 4.47. The number of hydrogen-bond donors (Lipinski definition) is 1. The van der Waals surface area contributed by atoms with E-state index in [1.807, 2.05) is 0 Å². The van der Waals surface area contributed by atoms with E-state index in [9.17, 15) is 9.18 Å². The SMILES string of the molecule is CC1(C)C(C(=O)Nc2cc(F)ccc2Br)C1(C)C. The number of carbonyl (C=O) groups excluding carboxylic acids is 1. The van der Waals surface area contributed by atoms with Gasteiger partial charge >= 0.3 is 0 Å². The number of hydrogen-bond acceptors (Lipinski definition) is 1. The van der Waals surface area contributed by atoms with Gasteiger partial charge in [0.2, 0.25) is 5.91 Å². The summed E-state index contributed by atoms with van der Waals surface area (Å²) in [6, 6.07) is 4.27. The second-order valence-electron chi connectivity index (χ2n) is 5.99. The molecule has 1 fully saturated rings. The molecule has 1 aromatic carbocycles. The summed E-state index contributed by atoms with van der Waals surface area (Å²) in [5.74, 6) is -0.445. The second kappa shape index (κ2) is 4.05. The van der Waals surface area contributed by atoms with Crippen molar-refractivity contribution in [1.29, 1.82) is 0 Å². The van der Waals surface area contributed by atoms with Crippen LogP contribution in [0.3, 0.4) is 0 Å². The van der Waals surface area contributed by atoms with Crippen LogP contribution in [0.25, 0.3) is 0 Å². The van der Waals surface area contributed by atoms with Crippen LogP contribution in [0.4, 0.5) is 10.1 Å². The number of anilines is 1. The molecule has 0 spiro atoms. The molecule has 2 rings (SSSR count). The standard InChI is InChI=1S/C14H17BrFNO/c1-13(2)11(14(13,3)4)12(18)17-10-7-8(16)5-6-9(10)15/h5-7,11H,1-4H3,(H,17,18). The van der Waals surface area contributed by atoms with E-state index in [1.54, 1.807) is 6.07 Å². The van der Waals surface area contributed by atoms with Crippen LogP contribution < -0.4 is 5.32 Å². The van der Waals surface area contributed by atoms with Crippen LogP contribution in [0.2, 0.25) is 0 Å². The van der Waals surface area contributed by atoms with Crippen molar-refractivity contribution in [3.05, 3.63) is 28.5 Å². The van der Waals surface area contributed by atoms with E-state index in [1.165, 1.54) is 12.1 Å². The fourth-order valence-corrected chi connectivity index (χ4v) is 3.00. The van der Waals surface area contributed by atoms with Crippen LogP contribution >= 0.6 is 15.9 Å². The minimum absolute atomic E-state index is 0.0170. The number of halogens is 2. The van der Waals surface area contributed by atoms with Crippen molar-refractivity contribution >= 4 is 27.5 Å². The first-order chi connectivity index (χ1) is 8.18. The zero-order chi connectivity index (χ0) is 13.7.